The van der Waals surface area contributed by atoms with Crippen molar-refractivity contribution in [2.24, 2.45) is 0 Å². The Morgan fingerprint density at radius 3 is 2.56 bits per heavy atom. The maximum atomic E-state index is 12.5. The predicted octanol–water partition coefficient (Wildman–Crippen LogP) is 2.99. The Labute approximate surface area is 144 Å². The van der Waals surface area contributed by atoms with Crippen LogP contribution >= 0.6 is 0 Å². The Kier molecular flexibility index (Phi) is 5.89. The average Bonchev–Trinajstić information content (AvgIpc) is 3.06. The Morgan fingerprint density at radius 2 is 1.96 bits per heavy atom. The zero-order chi connectivity index (χ0) is 18.4. The molecule has 0 unspecified atom stereocenters. The summed E-state index contributed by atoms with van der Waals surface area (Å²) in [5.41, 5.74) is 1.58. The number of nitro groups is 1. The first-order valence-electron chi connectivity index (χ1n) is 7.81. The summed E-state index contributed by atoms with van der Waals surface area (Å²) in [6.07, 6.45) is 0.631. The van der Waals surface area contributed by atoms with Gasteiger partial charge in [0.15, 0.2) is 5.76 Å². The number of nitrogens with zero attached hydrogens (tertiary/aromatic N) is 2. The van der Waals surface area contributed by atoms with Crippen molar-refractivity contribution in [2.45, 2.75) is 20.3 Å². The van der Waals surface area contributed by atoms with Crippen LogP contribution in [0.15, 0.2) is 40.8 Å². The van der Waals surface area contributed by atoms with E-state index in [0.29, 0.717) is 18.7 Å². The highest BCUT2D eigenvalue weighted by atomic mass is 16.6. The molecule has 0 aliphatic carbocycles. The number of benzene rings is 1. The minimum Gasteiger partial charge on any atom is -0.395 e. The molecule has 0 saturated carbocycles. The van der Waals surface area contributed by atoms with Gasteiger partial charge in [0.2, 0.25) is 5.91 Å². The molecule has 0 fully saturated rings. The molecule has 2 amide bonds. The number of anilines is 1. The highest BCUT2D eigenvalue weighted by molar-refractivity contribution is 5.98. The second kappa shape index (κ2) is 8.09. The lowest BCUT2D eigenvalue weighted by molar-refractivity contribution is -0.402. The van der Waals surface area contributed by atoms with Crippen LogP contribution in [-0.4, -0.2) is 34.7 Å². The molecule has 132 valence electrons. The number of hydrogen-bond acceptors (Lipinski definition) is 5. The molecule has 0 saturated heterocycles. The van der Waals surface area contributed by atoms with E-state index in [1.807, 2.05) is 26.0 Å². The maximum Gasteiger partial charge on any atom is 0.433 e. The number of carbonyl (C=O) groups excluding carboxylic acids is 2. The average molecular weight is 345 g/mol. The molecule has 8 heteroatoms. The number of carbonyl (C=O) groups is 2. The van der Waals surface area contributed by atoms with Crippen LogP contribution in [0.25, 0.3) is 0 Å². The van der Waals surface area contributed by atoms with Gasteiger partial charge in [-0.25, -0.2) is 0 Å². The van der Waals surface area contributed by atoms with E-state index in [-0.39, 0.29) is 18.2 Å². The quantitative estimate of drug-likeness (QED) is 0.613. The predicted molar refractivity (Wildman–Crippen MR) is 91.4 cm³/mol. The summed E-state index contributed by atoms with van der Waals surface area (Å²) >= 11 is 0. The molecule has 0 radical (unpaired) electrons. The number of amides is 2. The van der Waals surface area contributed by atoms with E-state index in [4.69, 9.17) is 4.42 Å². The van der Waals surface area contributed by atoms with E-state index in [0.717, 1.165) is 11.6 Å². The molecule has 0 bridgehead atoms. The van der Waals surface area contributed by atoms with Crippen molar-refractivity contribution >= 4 is 23.4 Å². The molecule has 2 rings (SSSR count). The summed E-state index contributed by atoms with van der Waals surface area (Å²) in [5, 5.41) is 13.4. The molecule has 8 nitrogen and oxygen atoms in total. The van der Waals surface area contributed by atoms with Crippen molar-refractivity contribution in [1.29, 1.82) is 0 Å². The smallest absolute Gasteiger partial charge is 0.395 e. The largest absolute Gasteiger partial charge is 0.433 e. The van der Waals surface area contributed by atoms with Crippen LogP contribution in [0, 0.1) is 17.0 Å². The number of furan rings is 1. The molecule has 2 aromatic rings. The Morgan fingerprint density at radius 1 is 1.24 bits per heavy atom. The number of para-hydroxylation sites is 1. The van der Waals surface area contributed by atoms with Gasteiger partial charge in [-0.1, -0.05) is 25.1 Å². The second-order valence-electron chi connectivity index (χ2n) is 5.48. The zero-order valence-corrected chi connectivity index (χ0v) is 14.0. The van der Waals surface area contributed by atoms with Crippen LogP contribution < -0.4 is 5.32 Å². The van der Waals surface area contributed by atoms with E-state index in [2.05, 4.69) is 5.32 Å². The molecule has 0 spiro atoms. The van der Waals surface area contributed by atoms with Gasteiger partial charge < -0.3 is 14.6 Å². The number of aryl methyl sites for hydroxylation is 1. The Balaban J connectivity index is 2.08. The van der Waals surface area contributed by atoms with Gasteiger partial charge in [-0.3, -0.25) is 19.7 Å². The first-order chi connectivity index (χ1) is 11.9. The summed E-state index contributed by atoms with van der Waals surface area (Å²) in [4.78, 5) is 36.0. The first-order valence-corrected chi connectivity index (χ1v) is 7.81. The lowest BCUT2D eigenvalue weighted by Crippen LogP contribution is -2.38. The minimum atomic E-state index is -0.716. The van der Waals surface area contributed by atoms with E-state index in [1.54, 1.807) is 12.1 Å². The van der Waals surface area contributed by atoms with Crippen molar-refractivity contribution in [1.82, 2.24) is 4.90 Å². The van der Waals surface area contributed by atoms with E-state index in [9.17, 15) is 19.7 Å². The molecule has 0 aliphatic rings. The first kappa shape index (κ1) is 18.2. The summed E-state index contributed by atoms with van der Waals surface area (Å²) in [6.45, 7) is 3.89. The van der Waals surface area contributed by atoms with Crippen LogP contribution in [-0.2, 0) is 4.79 Å². The van der Waals surface area contributed by atoms with Gasteiger partial charge in [-0.15, -0.1) is 0 Å². The summed E-state index contributed by atoms with van der Waals surface area (Å²) < 4.78 is 4.93. The van der Waals surface area contributed by atoms with Gasteiger partial charge in [0, 0.05) is 12.2 Å². The summed E-state index contributed by atoms with van der Waals surface area (Å²) in [5.74, 6) is -1.58. The fourth-order valence-electron chi connectivity index (χ4n) is 2.30. The van der Waals surface area contributed by atoms with Crippen molar-refractivity contribution < 1.29 is 18.9 Å². The summed E-state index contributed by atoms with van der Waals surface area (Å²) in [7, 11) is 0. The molecule has 25 heavy (non-hydrogen) atoms. The third kappa shape index (κ3) is 4.66. The number of hydrogen-bond donors (Lipinski definition) is 1. The third-order valence-electron chi connectivity index (χ3n) is 3.52. The van der Waals surface area contributed by atoms with Crippen LogP contribution in [0.2, 0.25) is 0 Å². The van der Waals surface area contributed by atoms with Gasteiger partial charge in [-0.2, -0.15) is 0 Å². The van der Waals surface area contributed by atoms with Gasteiger partial charge >= 0.3 is 5.88 Å². The number of rotatable bonds is 7. The highest BCUT2D eigenvalue weighted by Crippen LogP contribution is 2.18. The topological polar surface area (TPSA) is 106 Å². The van der Waals surface area contributed by atoms with Gasteiger partial charge in [0.05, 0.1) is 6.07 Å². The van der Waals surface area contributed by atoms with Gasteiger partial charge in [0.25, 0.3) is 5.91 Å². The molecule has 1 N–H and O–H groups in total. The molecular formula is C17H19N3O5. The fourth-order valence-corrected chi connectivity index (χ4v) is 2.30. The zero-order valence-electron chi connectivity index (χ0n) is 14.0. The monoisotopic (exact) mass is 345 g/mol. The standard InChI is InChI=1S/C17H19N3O5/c1-3-10-19(17(22)14-8-9-16(25-14)20(23)24)11-15(21)18-13-7-5-4-6-12(13)2/h4-9H,3,10-11H2,1-2H3,(H,18,21). The maximum absolute atomic E-state index is 12.5. The van der Waals surface area contributed by atoms with Crippen molar-refractivity contribution in [2.75, 3.05) is 18.4 Å². The highest BCUT2D eigenvalue weighted by Gasteiger charge is 2.24. The second-order valence-corrected chi connectivity index (χ2v) is 5.48. The lowest BCUT2D eigenvalue weighted by Gasteiger charge is -2.20. The van der Waals surface area contributed by atoms with Crippen LogP contribution in [0.1, 0.15) is 29.5 Å². The number of nitrogens with one attached hydrogen (secondary N) is 1. The minimum absolute atomic E-state index is 0.163. The lowest BCUT2D eigenvalue weighted by atomic mass is 10.2. The normalized spacial score (nSPS) is 10.3. The van der Waals surface area contributed by atoms with E-state index in [1.165, 1.54) is 11.0 Å². The molecule has 0 aliphatic heterocycles. The Bertz CT molecular complexity index is 784. The van der Waals surface area contributed by atoms with E-state index >= 15 is 0 Å². The fraction of sp³-hybridized carbons (Fsp3) is 0.294. The Hall–Kier alpha value is -3.16. The molecule has 1 heterocycles. The van der Waals surface area contributed by atoms with Crippen molar-refractivity contribution in [3.8, 4) is 0 Å². The SMILES string of the molecule is CCCN(CC(=O)Nc1ccccc1C)C(=O)c1ccc([N+](=O)[O-])o1. The van der Waals surface area contributed by atoms with Crippen LogP contribution in [0.5, 0.6) is 0 Å². The molecular weight excluding hydrogens is 326 g/mol. The van der Waals surface area contributed by atoms with Crippen LogP contribution in [0.3, 0.4) is 0 Å². The van der Waals surface area contributed by atoms with Crippen LogP contribution in [0.4, 0.5) is 11.6 Å². The third-order valence-corrected chi connectivity index (χ3v) is 3.52. The molecule has 1 aromatic heterocycles. The van der Waals surface area contributed by atoms with Crippen molar-refractivity contribution in [3.63, 3.8) is 0 Å². The molecule has 0 atom stereocenters. The van der Waals surface area contributed by atoms with Gasteiger partial charge in [-0.05, 0) is 31.0 Å². The molecule has 1 aromatic carbocycles. The summed E-state index contributed by atoms with van der Waals surface area (Å²) in [6, 6.07) is 9.66. The van der Waals surface area contributed by atoms with Crippen molar-refractivity contribution in [3.05, 3.63) is 57.8 Å². The van der Waals surface area contributed by atoms with Gasteiger partial charge in [0.1, 0.15) is 11.5 Å². The van der Waals surface area contributed by atoms with E-state index < -0.39 is 16.7 Å².